The first kappa shape index (κ1) is 15.4. The standard InChI is InChI=1S/C16H11N7O3/c24-16(21-14-4-6-17-13-5-7-19-22(13)14)12-9-18-15(20-12)10-2-1-3-11(8-10)23(25)26/h1-9H,(H,18,20)(H,21,24). The van der Waals surface area contributed by atoms with Gasteiger partial charge in [0.25, 0.3) is 11.6 Å². The number of nitro benzene ring substituents is 1. The predicted molar refractivity (Wildman–Crippen MR) is 91.6 cm³/mol. The third-order valence-electron chi connectivity index (χ3n) is 3.68. The first-order valence-electron chi connectivity index (χ1n) is 7.52. The molecule has 0 saturated carbocycles. The molecule has 26 heavy (non-hydrogen) atoms. The number of nitrogens with one attached hydrogen (secondary N) is 2. The summed E-state index contributed by atoms with van der Waals surface area (Å²) < 4.78 is 1.50. The van der Waals surface area contributed by atoms with Crippen molar-refractivity contribution in [3.05, 3.63) is 70.8 Å². The van der Waals surface area contributed by atoms with Gasteiger partial charge >= 0.3 is 0 Å². The summed E-state index contributed by atoms with van der Waals surface area (Å²) in [5, 5.41) is 17.7. The number of carbonyl (C=O) groups excluding carboxylic acids is 1. The average Bonchev–Trinajstić information content (AvgIpc) is 3.32. The normalized spacial score (nSPS) is 10.8. The summed E-state index contributed by atoms with van der Waals surface area (Å²) in [5.74, 6) is 0.395. The average molecular weight is 349 g/mol. The lowest BCUT2D eigenvalue weighted by atomic mass is 10.2. The molecule has 128 valence electrons. The molecule has 4 rings (SSSR count). The van der Waals surface area contributed by atoms with Crippen molar-refractivity contribution in [1.29, 1.82) is 0 Å². The van der Waals surface area contributed by atoms with E-state index >= 15 is 0 Å². The van der Waals surface area contributed by atoms with Gasteiger partial charge in [-0.15, -0.1) is 0 Å². The van der Waals surface area contributed by atoms with Crippen molar-refractivity contribution in [1.82, 2.24) is 24.6 Å². The topological polar surface area (TPSA) is 131 Å². The van der Waals surface area contributed by atoms with Gasteiger partial charge in [0.15, 0.2) is 5.65 Å². The highest BCUT2D eigenvalue weighted by Gasteiger charge is 2.14. The maximum atomic E-state index is 12.4. The summed E-state index contributed by atoms with van der Waals surface area (Å²) in [5.41, 5.74) is 1.27. The van der Waals surface area contributed by atoms with Crippen LogP contribution in [0.1, 0.15) is 10.5 Å². The molecule has 0 saturated heterocycles. The Bertz CT molecular complexity index is 1130. The minimum Gasteiger partial charge on any atom is -0.334 e. The summed E-state index contributed by atoms with van der Waals surface area (Å²) in [6, 6.07) is 9.34. The van der Waals surface area contributed by atoms with E-state index in [1.807, 2.05) is 0 Å². The van der Waals surface area contributed by atoms with Crippen molar-refractivity contribution >= 4 is 23.1 Å². The lowest BCUT2D eigenvalue weighted by Gasteiger charge is -2.05. The van der Waals surface area contributed by atoms with Crippen molar-refractivity contribution < 1.29 is 9.72 Å². The number of non-ortho nitro benzene ring substituents is 1. The lowest BCUT2D eigenvalue weighted by Crippen LogP contribution is -2.15. The van der Waals surface area contributed by atoms with Crippen LogP contribution < -0.4 is 5.32 Å². The summed E-state index contributed by atoms with van der Waals surface area (Å²) in [6.07, 6.45) is 4.51. The monoisotopic (exact) mass is 349 g/mol. The third kappa shape index (κ3) is 2.75. The molecule has 0 radical (unpaired) electrons. The van der Waals surface area contributed by atoms with E-state index in [0.717, 1.165) is 0 Å². The number of nitrogens with zero attached hydrogens (tertiary/aromatic N) is 5. The van der Waals surface area contributed by atoms with Crippen LogP contribution in [-0.2, 0) is 0 Å². The number of hydrogen-bond donors (Lipinski definition) is 2. The summed E-state index contributed by atoms with van der Waals surface area (Å²) in [6.45, 7) is 0. The second-order valence-corrected chi connectivity index (χ2v) is 5.34. The first-order chi connectivity index (χ1) is 12.6. The fraction of sp³-hybridized carbons (Fsp3) is 0. The van der Waals surface area contributed by atoms with Gasteiger partial charge in [0, 0.05) is 30.0 Å². The van der Waals surface area contributed by atoms with Crippen LogP contribution in [0.2, 0.25) is 0 Å². The van der Waals surface area contributed by atoms with Gasteiger partial charge in [0.2, 0.25) is 0 Å². The van der Waals surface area contributed by atoms with E-state index in [0.29, 0.717) is 22.9 Å². The lowest BCUT2D eigenvalue weighted by molar-refractivity contribution is -0.384. The summed E-state index contributed by atoms with van der Waals surface area (Å²) in [7, 11) is 0. The van der Waals surface area contributed by atoms with Crippen molar-refractivity contribution in [2.24, 2.45) is 0 Å². The molecular formula is C16H11N7O3. The number of hydrogen-bond acceptors (Lipinski definition) is 6. The number of aromatic amines is 1. The Hall–Kier alpha value is -4.08. The zero-order valence-electron chi connectivity index (χ0n) is 13.2. The number of rotatable bonds is 4. The van der Waals surface area contributed by atoms with Crippen molar-refractivity contribution in [2.75, 3.05) is 5.32 Å². The minimum absolute atomic E-state index is 0.0530. The van der Waals surface area contributed by atoms with Crippen LogP contribution in [0.4, 0.5) is 11.5 Å². The second kappa shape index (κ2) is 6.09. The molecular weight excluding hydrogens is 338 g/mol. The molecule has 1 amide bonds. The van der Waals surface area contributed by atoms with E-state index in [-0.39, 0.29) is 11.4 Å². The highest BCUT2D eigenvalue weighted by atomic mass is 16.6. The second-order valence-electron chi connectivity index (χ2n) is 5.34. The molecule has 3 heterocycles. The fourth-order valence-electron chi connectivity index (χ4n) is 2.46. The molecule has 3 aromatic heterocycles. The van der Waals surface area contributed by atoms with Crippen LogP contribution >= 0.6 is 0 Å². The Morgan fingerprint density at radius 3 is 2.92 bits per heavy atom. The smallest absolute Gasteiger partial charge is 0.274 e. The molecule has 0 atom stereocenters. The quantitative estimate of drug-likeness (QED) is 0.429. The Morgan fingerprint density at radius 1 is 1.19 bits per heavy atom. The molecule has 0 spiro atoms. The highest BCUT2D eigenvalue weighted by molar-refractivity contribution is 6.02. The van der Waals surface area contributed by atoms with E-state index in [2.05, 4.69) is 25.4 Å². The van der Waals surface area contributed by atoms with Crippen LogP contribution in [0.3, 0.4) is 0 Å². The molecule has 0 aliphatic heterocycles. The largest absolute Gasteiger partial charge is 0.334 e. The van der Waals surface area contributed by atoms with E-state index < -0.39 is 10.8 Å². The van der Waals surface area contributed by atoms with Gasteiger partial charge in [-0.05, 0) is 6.07 Å². The number of nitro groups is 1. The minimum atomic E-state index is -0.487. The Labute approximate surface area is 145 Å². The van der Waals surface area contributed by atoms with Crippen molar-refractivity contribution in [2.45, 2.75) is 0 Å². The van der Waals surface area contributed by atoms with E-state index in [1.54, 1.807) is 36.7 Å². The third-order valence-corrected chi connectivity index (χ3v) is 3.68. The fourth-order valence-corrected chi connectivity index (χ4v) is 2.46. The van der Waals surface area contributed by atoms with E-state index in [4.69, 9.17) is 0 Å². The molecule has 0 aliphatic rings. The van der Waals surface area contributed by atoms with Gasteiger partial charge in [-0.1, -0.05) is 12.1 Å². The van der Waals surface area contributed by atoms with Crippen molar-refractivity contribution in [3.63, 3.8) is 0 Å². The Morgan fingerprint density at radius 2 is 2.08 bits per heavy atom. The maximum Gasteiger partial charge on any atom is 0.274 e. The first-order valence-corrected chi connectivity index (χ1v) is 7.52. The van der Waals surface area contributed by atoms with Crippen LogP contribution in [0.25, 0.3) is 17.0 Å². The predicted octanol–water partition coefficient (Wildman–Crippen LogP) is 2.28. The van der Waals surface area contributed by atoms with Crippen molar-refractivity contribution in [3.8, 4) is 11.4 Å². The number of anilines is 1. The summed E-state index contributed by atoms with van der Waals surface area (Å²) in [4.78, 5) is 34.0. The van der Waals surface area contributed by atoms with Gasteiger partial charge in [0.05, 0.1) is 17.3 Å². The van der Waals surface area contributed by atoms with Crippen LogP contribution in [-0.4, -0.2) is 35.4 Å². The van der Waals surface area contributed by atoms with Crippen LogP contribution in [0.15, 0.2) is 55.0 Å². The molecule has 0 aliphatic carbocycles. The number of carbonyl (C=O) groups is 1. The van der Waals surface area contributed by atoms with Crippen LogP contribution in [0, 0.1) is 10.1 Å². The van der Waals surface area contributed by atoms with Crippen LogP contribution in [0.5, 0.6) is 0 Å². The molecule has 10 nitrogen and oxygen atoms in total. The number of benzene rings is 1. The molecule has 0 unspecified atom stereocenters. The van der Waals surface area contributed by atoms with Gasteiger partial charge in [0.1, 0.15) is 17.3 Å². The SMILES string of the molecule is O=C(Nc1ccnc2ccnn12)c1cnc(-c2cccc([N+](=O)[O-])c2)[nH]1. The molecule has 2 N–H and O–H groups in total. The molecule has 4 aromatic rings. The number of fused-ring (bicyclic) bond motifs is 1. The zero-order chi connectivity index (χ0) is 18.1. The molecule has 10 heteroatoms. The molecule has 0 fully saturated rings. The highest BCUT2D eigenvalue weighted by Crippen LogP contribution is 2.21. The molecule has 1 aromatic carbocycles. The van der Waals surface area contributed by atoms with Gasteiger partial charge in [-0.3, -0.25) is 14.9 Å². The Kier molecular flexibility index (Phi) is 3.62. The number of imidazole rings is 1. The zero-order valence-corrected chi connectivity index (χ0v) is 13.2. The number of amides is 1. The van der Waals surface area contributed by atoms with E-state index in [1.165, 1.54) is 22.8 Å². The maximum absolute atomic E-state index is 12.4. The number of aromatic nitrogens is 5. The van der Waals surface area contributed by atoms with E-state index in [9.17, 15) is 14.9 Å². The summed E-state index contributed by atoms with van der Waals surface area (Å²) >= 11 is 0. The van der Waals surface area contributed by atoms with Gasteiger partial charge < -0.3 is 10.3 Å². The number of H-pyrrole nitrogens is 1. The van der Waals surface area contributed by atoms with Gasteiger partial charge in [-0.2, -0.15) is 9.61 Å². The van der Waals surface area contributed by atoms with Gasteiger partial charge in [-0.25, -0.2) is 9.97 Å². The molecule has 0 bridgehead atoms. The Balaban J connectivity index is 1.60.